The van der Waals surface area contributed by atoms with Crippen LogP contribution in [-0.4, -0.2) is 0 Å². The van der Waals surface area contributed by atoms with E-state index in [1.54, 1.807) is 12.1 Å². The average Bonchev–Trinajstić information content (AvgIpc) is 1.93. The van der Waals surface area contributed by atoms with E-state index < -0.39 is 0 Å². The Kier molecular flexibility index (Phi) is 2.34. The highest BCUT2D eigenvalue weighted by Crippen LogP contribution is 2.32. The smallest absolute Gasteiger partial charge is 0.0832 e. The number of anilines is 1. The molecule has 0 fully saturated rings. The highest BCUT2D eigenvalue weighted by atomic mass is 35.5. The first-order valence-corrected chi connectivity index (χ1v) is 3.75. The van der Waals surface area contributed by atoms with Gasteiger partial charge in [-0.1, -0.05) is 23.2 Å². The summed E-state index contributed by atoms with van der Waals surface area (Å²) in [7, 11) is 0. The van der Waals surface area contributed by atoms with Crippen LogP contribution >= 0.6 is 35.8 Å². The molecule has 0 spiro atoms. The quantitative estimate of drug-likeness (QED) is 0.482. The van der Waals surface area contributed by atoms with Crippen LogP contribution < -0.4 is 5.73 Å². The average molecular weight is 194 g/mol. The van der Waals surface area contributed by atoms with E-state index in [1.165, 1.54) is 0 Å². The molecule has 0 aliphatic heterocycles. The Balaban J connectivity index is 3.34. The van der Waals surface area contributed by atoms with Crippen molar-refractivity contribution in [3.63, 3.8) is 0 Å². The molecule has 0 bridgehead atoms. The normalized spacial score (nSPS) is 9.90. The van der Waals surface area contributed by atoms with Crippen LogP contribution in [0.15, 0.2) is 17.0 Å². The van der Waals surface area contributed by atoms with Crippen molar-refractivity contribution in [3.8, 4) is 0 Å². The van der Waals surface area contributed by atoms with Gasteiger partial charge in [-0.15, -0.1) is 12.6 Å². The molecule has 0 aliphatic carbocycles. The van der Waals surface area contributed by atoms with Gasteiger partial charge in [-0.2, -0.15) is 0 Å². The first kappa shape index (κ1) is 8.05. The molecule has 4 heteroatoms. The van der Waals surface area contributed by atoms with Crippen molar-refractivity contribution in [2.45, 2.75) is 4.90 Å². The van der Waals surface area contributed by atoms with Gasteiger partial charge >= 0.3 is 0 Å². The zero-order chi connectivity index (χ0) is 7.72. The zero-order valence-electron chi connectivity index (χ0n) is 4.94. The maximum atomic E-state index is 5.68. The van der Waals surface area contributed by atoms with E-state index in [0.29, 0.717) is 20.6 Å². The fourth-order valence-electron chi connectivity index (χ4n) is 0.556. The predicted octanol–water partition coefficient (Wildman–Crippen LogP) is 2.86. The molecule has 0 atom stereocenters. The molecule has 1 nitrogen and oxygen atoms in total. The summed E-state index contributed by atoms with van der Waals surface area (Å²) in [6.45, 7) is 0. The second kappa shape index (κ2) is 2.91. The Bertz CT molecular complexity index is 235. The number of rotatable bonds is 0. The summed E-state index contributed by atoms with van der Waals surface area (Å²) in [5.41, 5.74) is 5.92. The largest absolute Gasteiger partial charge is 0.397 e. The molecule has 54 valence electrons. The minimum absolute atomic E-state index is 0.370. The molecule has 1 rings (SSSR count). The standard InChI is InChI=1S/C6H5Cl2NS/c7-3-1-2-4(10)6(9)5(3)8/h1-2,10H,9H2. The number of benzene rings is 1. The Morgan fingerprint density at radius 3 is 2.40 bits per heavy atom. The molecule has 0 heterocycles. The molecule has 0 aliphatic rings. The summed E-state index contributed by atoms with van der Waals surface area (Å²) in [6, 6.07) is 3.36. The molecule has 0 radical (unpaired) electrons. The summed E-state index contributed by atoms with van der Waals surface area (Å²) < 4.78 is 0. The summed E-state index contributed by atoms with van der Waals surface area (Å²) in [5.74, 6) is 0. The third kappa shape index (κ3) is 1.34. The van der Waals surface area contributed by atoms with Crippen molar-refractivity contribution in [2.24, 2.45) is 0 Å². The van der Waals surface area contributed by atoms with Crippen molar-refractivity contribution in [2.75, 3.05) is 5.73 Å². The monoisotopic (exact) mass is 193 g/mol. The lowest BCUT2D eigenvalue weighted by Crippen LogP contribution is -1.87. The molecule has 0 unspecified atom stereocenters. The number of nitrogen functional groups attached to an aromatic ring is 1. The van der Waals surface area contributed by atoms with E-state index in [1.807, 2.05) is 0 Å². The summed E-state index contributed by atoms with van der Waals surface area (Å²) in [4.78, 5) is 0.648. The van der Waals surface area contributed by atoms with Gasteiger partial charge in [-0.05, 0) is 12.1 Å². The van der Waals surface area contributed by atoms with Gasteiger partial charge < -0.3 is 5.73 Å². The third-order valence-corrected chi connectivity index (χ3v) is 2.32. The maximum Gasteiger partial charge on any atom is 0.0832 e. The Morgan fingerprint density at radius 1 is 1.30 bits per heavy atom. The molecule has 1 aromatic rings. The molecule has 0 saturated heterocycles. The van der Waals surface area contributed by atoms with Gasteiger partial charge in [-0.3, -0.25) is 0 Å². The van der Waals surface area contributed by atoms with Crippen molar-refractivity contribution >= 4 is 41.5 Å². The Morgan fingerprint density at radius 2 is 1.90 bits per heavy atom. The van der Waals surface area contributed by atoms with E-state index >= 15 is 0 Å². The van der Waals surface area contributed by atoms with E-state index in [0.717, 1.165) is 0 Å². The van der Waals surface area contributed by atoms with Crippen molar-refractivity contribution in [3.05, 3.63) is 22.2 Å². The number of thiol groups is 1. The summed E-state index contributed by atoms with van der Waals surface area (Å²) in [5, 5.41) is 0.825. The van der Waals surface area contributed by atoms with Crippen LogP contribution in [0, 0.1) is 0 Å². The minimum atomic E-state index is 0.370. The second-order valence-corrected chi connectivity index (χ2v) is 3.06. The van der Waals surface area contributed by atoms with Gasteiger partial charge in [0.05, 0.1) is 15.7 Å². The van der Waals surface area contributed by atoms with Gasteiger partial charge in [0.1, 0.15) is 0 Å². The highest BCUT2D eigenvalue weighted by Gasteiger charge is 2.03. The topological polar surface area (TPSA) is 26.0 Å². The van der Waals surface area contributed by atoms with Crippen LogP contribution in [-0.2, 0) is 0 Å². The van der Waals surface area contributed by atoms with Crippen LogP contribution in [0.1, 0.15) is 0 Å². The minimum Gasteiger partial charge on any atom is -0.397 e. The fourth-order valence-corrected chi connectivity index (χ4v) is 1.14. The lowest BCUT2D eigenvalue weighted by atomic mass is 10.3. The summed E-state index contributed by atoms with van der Waals surface area (Å²) >= 11 is 15.4. The highest BCUT2D eigenvalue weighted by molar-refractivity contribution is 7.80. The first-order valence-electron chi connectivity index (χ1n) is 2.55. The Labute approximate surface area is 74.5 Å². The third-order valence-electron chi connectivity index (χ3n) is 1.11. The summed E-state index contributed by atoms with van der Waals surface area (Å²) in [6.07, 6.45) is 0. The molecule has 10 heavy (non-hydrogen) atoms. The van der Waals surface area contributed by atoms with Gasteiger partial charge in [0.15, 0.2) is 0 Å². The molecular weight excluding hydrogens is 189 g/mol. The molecular formula is C6H5Cl2NS. The number of nitrogens with two attached hydrogens (primary N) is 1. The molecule has 1 aromatic carbocycles. The lowest BCUT2D eigenvalue weighted by molar-refractivity contribution is 1.47. The van der Waals surface area contributed by atoms with Crippen molar-refractivity contribution < 1.29 is 0 Å². The SMILES string of the molecule is Nc1c(S)ccc(Cl)c1Cl. The lowest BCUT2D eigenvalue weighted by Gasteiger charge is -2.01. The van der Waals surface area contributed by atoms with Crippen molar-refractivity contribution in [1.29, 1.82) is 0 Å². The van der Waals surface area contributed by atoms with Gasteiger partial charge in [0.2, 0.25) is 0 Å². The first-order chi connectivity index (χ1) is 4.63. The second-order valence-electron chi connectivity index (χ2n) is 1.79. The number of halogens is 2. The van der Waals surface area contributed by atoms with E-state index in [-0.39, 0.29) is 0 Å². The van der Waals surface area contributed by atoms with E-state index in [2.05, 4.69) is 12.6 Å². The van der Waals surface area contributed by atoms with Crippen LogP contribution in [0.25, 0.3) is 0 Å². The molecule has 0 saturated carbocycles. The molecule has 0 amide bonds. The predicted molar refractivity (Wildman–Crippen MR) is 48.1 cm³/mol. The van der Waals surface area contributed by atoms with E-state index in [4.69, 9.17) is 28.9 Å². The fraction of sp³-hybridized carbons (Fsp3) is 0. The zero-order valence-corrected chi connectivity index (χ0v) is 7.34. The van der Waals surface area contributed by atoms with Gasteiger partial charge in [0.25, 0.3) is 0 Å². The van der Waals surface area contributed by atoms with Crippen LogP contribution in [0.4, 0.5) is 5.69 Å². The van der Waals surface area contributed by atoms with Gasteiger partial charge in [-0.25, -0.2) is 0 Å². The maximum absolute atomic E-state index is 5.68. The van der Waals surface area contributed by atoms with Crippen LogP contribution in [0.3, 0.4) is 0 Å². The number of hydrogen-bond acceptors (Lipinski definition) is 2. The Hall–Kier alpha value is -0.0500. The molecule has 2 N–H and O–H groups in total. The van der Waals surface area contributed by atoms with Gasteiger partial charge in [0, 0.05) is 4.90 Å². The van der Waals surface area contributed by atoms with Crippen LogP contribution in [0.5, 0.6) is 0 Å². The van der Waals surface area contributed by atoms with Crippen LogP contribution in [0.2, 0.25) is 10.0 Å². The molecule has 0 aromatic heterocycles. The number of hydrogen-bond donors (Lipinski definition) is 2. The van der Waals surface area contributed by atoms with Crippen molar-refractivity contribution in [1.82, 2.24) is 0 Å². The van der Waals surface area contributed by atoms with E-state index in [9.17, 15) is 0 Å².